The summed E-state index contributed by atoms with van der Waals surface area (Å²) < 4.78 is 5.36. The van der Waals surface area contributed by atoms with Crippen LogP contribution in [0.3, 0.4) is 0 Å². The number of amides is 1. The molecule has 2 heterocycles. The third-order valence-corrected chi connectivity index (χ3v) is 4.96. The van der Waals surface area contributed by atoms with Gasteiger partial charge in [-0.05, 0) is 47.3 Å². The lowest BCUT2D eigenvalue weighted by molar-refractivity contribution is 0.102. The van der Waals surface area contributed by atoms with Crippen LogP contribution in [0.5, 0.6) is 0 Å². The third-order valence-electron chi connectivity index (χ3n) is 4.09. The van der Waals surface area contributed by atoms with Gasteiger partial charge in [-0.15, -0.1) is 11.3 Å². The van der Waals surface area contributed by atoms with Crippen LogP contribution in [0.1, 0.15) is 27.4 Å². The van der Waals surface area contributed by atoms with Crippen molar-refractivity contribution in [1.82, 2.24) is 10.1 Å². The number of para-hydroxylation sites is 1. The van der Waals surface area contributed by atoms with E-state index in [0.29, 0.717) is 35.0 Å². The van der Waals surface area contributed by atoms with Crippen LogP contribution < -0.4 is 5.32 Å². The zero-order chi connectivity index (χ0) is 19.3. The average Bonchev–Trinajstić information content (AvgIpc) is 3.41. The van der Waals surface area contributed by atoms with Crippen molar-refractivity contribution < 1.29 is 9.32 Å². The van der Waals surface area contributed by atoms with Gasteiger partial charge in [0.15, 0.2) is 0 Å². The number of hydrogen-bond acceptors (Lipinski definition) is 6. The van der Waals surface area contributed by atoms with Crippen LogP contribution in [-0.2, 0) is 6.42 Å². The maximum absolute atomic E-state index is 12.5. The summed E-state index contributed by atoms with van der Waals surface area (Å²) in [5.74, 6) is 0.786. The van der Waals surface area contributed by atoms with Crippen LogP contribution in [-0.4, -0.2) is 16.0 Å². The van der Waals surface area contributed by atoms with Crippen LogP contribution in [0.15, 0.2) is 70.6 Å². The SMILES string of the molecule is N#Cc1ccc(C(=O)Nc2ccccc2Cc2nc(-c3cccs3)no2)cc1. The second kappa shape index (κ2) is 7.86. The molecule has 0 aliphatic heterocycles. The van der Waals surface area contributed by atoms with Crippen molar-refractivity contribution in [1.29, 1.82) is 5.26 Å². The van der Waals surface area contributed by atoms with Gasteiger partial charge in [-0.1, -0.05) is 29.4 Å². The lowest BCUT2D eigenvalue weighted by Gasteiger charge is -2.10. The van der Waals surface area contributed by atoms with Crippen molar-refractivity contribution in [2.75, 3.05) is 5.32 Å². The Kier molecular flexibility index (Phi) is 4.95. The van der Waals surface area contributed by atoms with Gasteiger partial charge in [0, 0.05) is 11.3 Å². The second-order valence-electron chi connectivity index (χ2n) is 5.97. The summed E-state index contributed by atoms with van der Waals surface area (Å²) in [6, 6.07) is 19.9. The van der Waals surface area contributed by atoms with Gasteiger partial charge in [0.05, 0.1) is 22.9 Å². The molecular weight excluding hydrogens is 372 g/mol. The molecule has 2 aromatic heterocycles. The molecule has 0 bridgehead atoms. The molecule has 0 saturated carbocycles. The highest BCUT2D eigenvalue weighted by atomic mass is 32.1. The number of nitrogens with zero attached hydrogens (tertiary/aromatic N) is 3. The van der Waals surface area contributed by atoms with E-state index in [1.807, 2.05) is 47.8 Å². The monoisotopic (exact) mass is 386 g/mol. The van der Waals surface area contributed by atoms with E-state index in [9.17, 15) is 4.79 Å². The summed E-state index contributed by atoms with van der Waals surface area (Å²) >= 11 is 1.55. The minimum absolute atomic E-state index is 0.248. The number of nitrogens with one attached hydrogen (secondary N) is 1. The van der Waals surface area contributed by atoms with Gasteiger partial charge >= 0.3 is 0 Å². The second-order valence-corrected chi connectivity index (χ2v) is 6.91. The fourth-order valence-corrected chi connectivity index (χ4v) is 3.33. The molecule has 6 nitrogen and oxygen atoms in total. The van der Waals surface area contributed by atoms with E-state index in [2.05, 4.69) is 15.5 Å². The summed E-state index contributed by atoms with van der Waals surface area (Å²) in [7, 11) is 0. The van der Waals surface area contributed by atoms with Crippen LogP contribution in [0, 0.1) is 11.3 Å². The maximum atomic E-state index is 12.5. The lowest BCUT2D eigenvalue weighted by Crippen LogP contribution is -2.13. The van der Waals surface area contributed by atoms with Gasteiger partial charge in [0.25, 0.3) is 5.91 Å². The molecule has 1 amide bonds. The molecule has 0 radical (unpaired) electrons. The minimum Gasteiger partial charge on any atom is -0.339 e. The summed E-state index contributed by atoms with van der Waals surface area (Å²) in [5, 5.41) is 17.8. The zero-order valence-electron chi connectivity index (χ0n) is 14.6. The van der Waals surface area contributed by atoms with Crippen LogP contribution in [0.4, 0.5) is 5.69 Å². The number of hydrogen-bond donors (Lipinski definition) is 1. The Morgan fingerprint density at radius 2 is 1.93 bits per heavy atom. The Hall–Kier alpha value is -3.76. The molecule has 7 heteroatoms. The standard InChI is InChI=1S/C21H14N4O2S/c22-13-14-7-9-15(10-8-14)21(26)23-17-5-2-1-4-16(17)12-19-24-20(25-27-19)18-6-3-11-28-18/h1-11H,12H2,(H,23,26). The van der Waals surface area contributed by atoms with Gasteiger partial charge in [0.2, 0.25) is 11.7 Å². The first-order valence-electron chi connectivity index (χ1n) is 8.49. The first kappa shape index (κ1) is 17.6. The molecule has 0 aliphatic rings. The molecule has 4 aromatic rings. The lowest BCUT2D eigenvalue weighted by atomic mass is 10.1. The predicted octanol–water partition coefficient (Wildman–Crippen LogP) is 4.51. The fraction of sp³-hybridized carbons (Fsp3) is 0.0476. The molecule has 0 saturated heterocycles. The highest BCUT2D eigenvalue weighted by Crippen LogP contribution is 2.24. The quantitative estimate of drug-likeness (QED) is 0.545. The van der Waals surface area contributed by atoms with Crippen LogP contribution in [0.2, 0.25) is 0 Å². The number of aromatic nitrogens is 2. The summed E-state index contributed by atoms with van der Waals surface area (Å²) in [5.41, 5.74) is 2.53. The largest absolute Gasteiger partial charge is 0.339 e. The van der Waals surface area contributed by atoms with E-state index in [1.54, 1.807) is 35.6 Å². The summed E-state index contributed by atoms with van der Waals surface area (Å²) in [6.45, 7) is 0. The minimum atomic E-state index is -0.248. The van der Waals surface area contributed by atoms with Crippen molar-refractivity contribution >= 4 is 22.9 Å². The average molecular weight is 386 g/mol. The molecule has 0 aliphatic carbocycles. The number of carbonyl (C=O) groups is 1. The maximum Gasteiger partial charge on any atom is 0.255 e. The van der Waals surface area contributed by atoms with Gasteiger partial charge < -0.3 is 9.84 Å². The van der Waals surface area contributed by atoms with E-state index >= 15 is 0 Å². The molecule has 0 fully saturated rings. The normalized spacial score (nSPS) is 10.4. The smallest absolute Gasteiger partial charge is 0.255 e. The molecular formula is C21H14N4O2S. The van der Waals surface area contributed by atoms with Crippen molar-refractivity contribution in [3.05, 3.63) is 88.6 Å². The third kappa shape index (κ3) is 3.82. The Labute approximate surface area is 165 Å². The molecule has 4 rings (SSSR count). The van der Waals surface area contributed by atoms with Gasteiger partial charge in [-0.3, -0.25) is 4.79 Å². The van der Waals surface area contributed by atoms with Crippen molar-refractivity contribution in [2.45, 2.75) is 6.42 Å². The highest BCUT2D eigenvalue weighted by Gasteiger charge is 2.14. The first-order valence-corrected chi connectivity index (χ1v) is 9.37. The number of rotatable bonds is 5. The predicted molar refractivity (Wildman–Crippen MR) is 106 cm³/mol. The first-order chi connectivity index (χ1) is 13.7. The van der Waals surface area contributed by atoms with E-state index in [-0.39, 0.29) is 5.91 Å². The number of carbonyl (C=O) groups excluding carboxylic acids is 1. The van der Waals surface area contributed by atoms with Gasteiger partial charge in [0.1, 0.15) is 0 Å². The molecule has 2 aromatic carbocycles. The van der Waals surface area contributed by atoms with E-state index in [1.165, 1.54) is 0 Å². The number of anilines is 1. The molecule has 1 N–H and O–H groups in total. The highest BCUT2D eigenvalue weighted by molar-refractivity contribution is 7.13. The number of benzene rings is 2. The van der Waals surface area contributed by atoms with Gasteiger partial charge in [-0.25, -0.2) is 0 Å². The summed E-state index contributed by atoms with van der Waals surface area (Å²) in [4.78, 5) is 17.9. The molecule has 136 valence electrons. The molecule has 0 unspecified atom stereocenters. The summed E-state index contributed by atoms with van der Waals surface area (Å²) in [6.07, 6.45) is 0.405. The Morgan fingerprint density at radius 1 is 1.11 bits per heavy atom. The van der Waals surface area contributed by atoms with Crippen LogP contribution >= 0.6 is 11.3 Å². The zero-order valence-corrected chi connectivity index (χ0v) is 15.4. The van der Waals surface area contributed by atoms with E-state index in [0.717, 1.165) is 10.4 Å². The van der Waals surface area contributed by atoms with Gasteiger partial charge in [-0.2, -0.15) is 10.2 Å². The van der Waals surface area contributed by atoms with E-state index in [4.69, 9.17) is 9.78 Å². The molecule has 0 spiro atoms. The van der Waals surface area contributed by atoms with Crippen molar-refractivity contribution in [2.24, 2.45) is 0 Å². The fourth-order valence-electron chi connectivity index (χ4n) is 2.68. The topological polar surface area (TPSA) is 91.8 Å². The van der Waals surface area contributed by atoms with Crippen molar-refractivity contribution in [3.63, 3.8) is 0 Å². The van der Waals surface area contributed by atoms with E-state index < -0.39 is 0 Å². The Morgan fingerprint density at radius 3 is 2.68 bits per heavy atom. The number of nitriles is 1. The Balaban J connectivity index is 1.52. The Bertz CT molecular complexity index is 1140. The van der Waals surface area contributed by atoms with Crippen LogP contribution in [0.25, 0.3) is 10.7 Å². The number of thiophene rings is 1. The molecule has 28 heavy (non-hydrogen) atoms. The van der Waals surface area contributed by atoms with Crippen molar-refractivity contribution in [3.8, 4) is 16.8 Å². The molecule has 0 atom stereocenters.